The van der Waals surface area contributed by atoms with Gasteiger partial charge in [0.15, 0.2) is 0 Å². The number of nitrogens with zero attached hydrogens (tertiary/aromatic N) is 3. The van der Waals surface area contributed by atoms with Crippen LogP contribution in [0.1, 0.15) is 43.0 Å². The second-order valence-electron chi connectivity index (χ2n) is 7.81. The van der Waals surface area contributed by atoms with Crippen LogP contribution in [-0.4, -0.2) is 59.7 Å². The van der Waals surface area contributed by atoms with Crippen molar-refractivity contribution in [3.8, 4) is 0 Å². The Labute approximate surface area is 157 Å². The van der Waals surface area contributed by atoms with Gasteiger partial charge in [0, 0.05) is 19.6 Å². The van der Waals surface area contributed by atoms with E-state index in [-0.39, 0.29) is 35.5 Å². The maximum Gasteiger partial charge on any atom is 0.256 e. The smallest absolute Gasteiger partial charge is 0.256 e. The molecule has 7 heteroatoms. The van der Waals surface area contributed by atoms with Gasteiger partial charge in [-0.3, -0.25) is 14.4 Å². The second kappa shape index (κ2) is 6.94. The summed E-state index contributed by atoms with van der Waals surface area (Å²) in [6.45, 7) is 3.87. The van der Waals surface area contributed by atoms with Gasteiger partial charge in [-0.1, -0.05) is 6.92 Å². The van der Waals surface area contributed by atoms with Crippen molar-refractivity contribution < 1.29 is 18.8 Å². The molecular formula is C20H24FN3O3. The molecule has 2 saturated heterocycles. The number of anilines is 1. The van der Waals surface area contributed by atoms with Crippen LogP contribution in [0.5, 0.6) is 0 Å². The number of carbonyl (C=O) groups excluding carboxylic acids is 3. The first-order chi connectivity index (χ1) is 13.0. The third kappa shape index (κ3) is 3.19. The van der Waals surface area contributed by atoms with E-state index in [4.69, 9.17) is 0 Å². The molecular weight excluding hydrogens is 349 g/mol. The molecule has 1 aromatic rings. The van der Waals surface area contributed by atoms with Crippen LogP contribution < -0.4 is 4.90 Å². The van der Waals surface area contributed by atoms with Crippen LogP contribution in [0.3, 0.4) is 0 Å². The van der Waals surface area contributed by atoms with Gasteiger partial charge in [-0.05, 0) is 49.8 Å². The van der Waals surface area contributed by atoms with E-state index in [2.05, 4.69) is 6.92 Å². The zero-order valence-corrected chi connectivity index (χ0v) is 15.5. The molecule has 0 saturated carbocycles. The van der Waals surface area contributed by atoms with Gasteiger partial charge in [0.05, 0.1) is 11.3 Å². The van der Waals surface area contributed by atoms with E-state index >= 15 is 0 Å². The van der Waals surface area contributed by atoms with E-state index < -0.39 is 11.9 Å². The van der Waals surface area contributed by atoms with Crippen LogP contribution in [-0.2, 0) is 9.59 Å². The molecule has 27 heavy (non-hydrogen) atoms. The highest BCUT2D eigenvalue weighted by Gasteiger charge is 2.43. The standard InChI is InChI=1S/C20H24FN3O3/c1-13-6-9-22(10-7-13)18(25)12-24-17-11-14(21)4-5-15(17)19(26)23-8-2-3-16(23)20(24)27/h4-5,11,13,16H,2-3,6-10,12H2,1H3/t16-/m1/s1. The fraction of sp³-hybridized carbons (Fsp3) is 0.550. The minimum absolute atomic E-state index is 0.149. The van der Waals surface area contributed by atoms with E-state index in [1.807, 2.05) is 0 Å². The van der Waals surface area contributed by atoms with E-state index in [1.54, 1.807) is 9.80 Å². The Kier molecular flexibility index (Phi) is 4.61. The van der Waals surface area contributed by atoms with Crippen molar-refractivity contribution in [2.45, 2.75) is 38.6 Å². The Balaban J connectivity index is 1.66. The zero-order chi connectivity index (χ0) is 19.1. The highest BCUT2D eigenvalue weighted by Crippen LogP contribution is 2.33. The summed E-state index contributed by atoms with van der Waals surface area (Å²) in [5.41, 5.74) is 0.493. The Morgan fingerprint density at radius 1 is 1.15 bits per heavy atom. The van der Waals surface area contributed by atoms with Crippen molar-refractivity contribution in [2.24, 2.45) is 5.92 Å². The second-order valence-corrected chi connectivity index (χ2v) is 7.81. The minimum Gasteiger partial charge on any atom is -0.341 e. The number of piperidine rings is 1. The lowest BCUT2D eigenvalue weighted by molar-refractivity contribution is -0.133. The maximum absolute atomic E-state index is 13.9. The van der Waals surface area contributed by atoms with Crippen molar-refractivity contribution in [2.75, 3.05) is 31.1 Å². The summed E-state index contributed by atoms with van der Waals surface area (Å²) in [6.07, 6.45) is 3.22. The summed E-state index contributed by atoms with van der Waals surface area (Å²) in [6, 6.07) is 3.27. The topological polar surface area (TPSA) is 60.9 Å². The monoisotopic (exact) mass is 373 g/mol. The van der Waals surface area contributed by atoms with Gasteiger partial charge in [0.25, 0.3) is 5.91 Å². The van der Waals surface area contributed by atoms with Crippen LogP contribution in [0.15, 0.2) is 18.2 Å². The molecule has 0 aliphatic carbocycles. The number of hydrogen-bond donors (Lipinski definition) is 0. The molecule has 1 aromatic carbocycles. The van der Waals surface area contributed by atoms with E-state index in [9.17, 15) is 18.8 Å². The van der Waals surface area contributed by atoms with Gasteiger partial charge >= 0.3 is 0 Å². The first-order valence-electron chi connectivity index (χ1n) is 9.65. The number of fused-ring (bicyclic) bond motifs is 2. The molecule has 0 unspecified atom stereocenters. The molecule has 3 aliphatic heterocycles. The fourth-order valence-corrected chi connectivity index (χ4v) is 4.29. The molecule has 0 aromatic heterocycles. The number of halogens is 1. The van der Waals surface area contributed by atoms with Gasteiger partial charge in [-0.2, -0.15) is 0 Å². The Bertz CT molecular complexity index is 789. The van der Waals surface area contributed by atoms with Gasteiger partial charge in [-0.25, -0.2) is 4.39 Å². The first kappa shape index (κ1) is 17.9. The van der Waals surface area contributed by atoms with Gasteiger partial charge in [-0.15, -0.1) is 0 Å². The summed E-state index contributed by atoms with van der Waals surface area (Å²) in [7, 11) is 0. The largest absolute Gasteiger partial charge is 0.341 e. The SMILES string of the molecule is CC1CCN(C(=O)CN2C(=O)[C@H]3CCCN3C(=O)c3ccc(F)cc32)CC1. The van der Waals surface area contributed by atoms with Crippen LogP contribution in [0, 0.1) is 11.7 Å². The normalized spacial score (nSPS) is 23.3. The van der Waals surface area contributed by atoms with E-state index in [0.29, 0.717) is 32.0 Å². The molecule has 3 aliphatic rings. The van der Waals surface area contributed by atoms with Crippen LogP contribution >= 0.6 is 0 Å². The quantitative estimate of drug-likeness (QED) is 0.797. The molecule has 3 heterocycles. The van der Waals surface area contributed by atoms with E-state index in [0.717, 1.165) is 19.3 Å². The lowest BCUT2D eigenvalue weighted by Crippen LogP contribution is -2.49. The Morgan fingerprint density at radius 2 is 1.89 bits per heavy atom. The van der Waals surface area contributed by atoms with Gasteiger partial charge in [0.1, 0.15) is 18.4 Å². The van der Waals surface area contributed by atoms with Crippen LogP contribution in [0.2, 0.25) is 0 Å². The number of rotatable bonds is 2. The summed E-state index contributed by atoms with van der Waals surface area (Å²) in [5, 5.41) is 0. The zero-order valence-electron chi connectivity index (χ0n) is 15.5. The van der Waals surface area contributed by atoms with Crippen molar-refractivity contribution in [1.29, 1.82) is 0 Å². The molecule has 4 rings (SSSR count). The van der Waals surface area contributed by atoms with Crippen molar-refractivity contribution in [3.05, 3.63) is 29.6 Å². The number of carbonyl (C=O) groups is 3. The first-order valence-corrected chi connectivity index (χ1v) is 9.65. The third-order valence-electron chi connectivity index (χ3n) is 5.98. The number of likely N-dealkylation sites (tertiary alicyclic amines) is 1. The summed E-state index contributed by atoms with van der Waals surface area (Å²) < 4.78 is 13.9. The number of hydrogen-bond acceptors (Lipinski definition) is 3. The molecule has 0 radical (unpaired) electrons. The number of amides is 3. The van der Waals surface area contributed by atoms with Crippen LogP contribution in [0.4, 0.5) is 10.1 Å². The number of benzene rings is 1. The lowest BCUT2D eigenvalue weighted by atomic mass is 9.99. The maximum atomic E-state index is 13.9. The van der Waals surface area contributed by atoms with Crippen LogP contribution in [0.25, 0.3) is 0 Å². The average Bonchev–Trinajstić information content (AvgIpc) is 3.12. The highest BCUT2D eigenvalue weighted by molar-refractivity contribution is 6.12. The fourth-order valence-electron chi connectivity index (χ4n) is 4.29. The average molecular weight is 373 g/mol. The Hall–Kier alpha value is -2.44. The summed E-state index contributed by atoms with van der Waals surface area (Å²) >= 11 is 0. The predicted octanol–water partition coefficient (Wildman–Crippen LogP) is 2.04. The van der Waals surface area contributed by atoms with E-state index in [1.165, 1.54) is 23.1 Å². The highest BCUT2D eigenvalue weighted by atomic mass is 19.1. The predicted molar refractivity (Wildman–Crippen MR) is 97.8 cm³/mol. The van der Waals surface area contributed by atoms with Crippen molar-refractivity contribution in [3.63, 3.8) is 0 Å². The van der Waals surface area contributed by atoms with Crippen molar-refractivity contribution >= 4 is 23.4 Å². The molecule has 1 atom stereocenters. The molecule has 3 amide bonds. The molecule has 0 spiro atoms. The lowest BCUT2D eigenvalue weighted by Gasteiger charge is -2.33. The molecule has 0 bridgehead atoms. The summed E-state index contributed by atoms with van der Waals surface area (Å²) in [5.74, 6) is -0.634. The molecule has 144 valence electrons. The third-order valence-corrected chi connectivity index (χ3v) is 5.98. The minimum atomic E-state index is -0.567. The molecule has 6 nitrogen and oxygen atoms in total. The van der Waals surface area contributed by atoms with Gasteiger partial charge in [0.2, 0.25) is 11.8 Å². The Morgan fingerprint density at radius 3 is 2.63 bits per heavy atom. The summed E-state index contributed by atoms with van der Waals surface area (Å²) in [4.78, 5) is 43.5. The van der Waals surface area contributed by atoms with Gasteiger partial charge < -0.3 is 14.7 Å². The molecule has 0 N–H and O–H groups in total. The molecule has 2 fully saturated rings. The van der Waals surface area contributed by atoms with Crippen molar-refractivity contribution in [1.82, 2.24) is 9.80 Å².